The number of hydrogen-bond acceptors (Lipinski definition) is 3. The molecular formula is C18H28N2O2. The number of likely N-dealkylation sites (tertiary alicyclic amines) is 1. The molecule has 2 unspecified atom stereocenters. The van der Waals surface area contributed by atoms with Crippen molar-refractivity contribution < 1.29 is 9.90 Å². The van der Waals surface area contributed by atoms with Gasteiger partial charge in [0.2, 0.25) is 0 Å². The van der Waals surface area contributed by atoms with Gasteiger partial charge in [0.1, 0.15) is 0 Å². The maximum Gasteiger partial charge on any atom is 0.303 e. The molecule has 22 heavy (non-hydrogen) atoms. The predicted molar refractivity (Wildman–Crippen MR) is 88.8 cm³/mol. The molecule has 0 spiro atoms. The van der Waals surface area contributed by atoms with Gasteiger partial charge in [-0.15, -0.1) is 0 Å². The van der Waals surface area contributed by atoms with Crippen molar-refractivity contribution in [1.82, 2.24) is 10.2 Å². The Kier molecular flexibility index (Phi) is 6.87. The quantitative estimate of drug-likeness (QED) is 0.775. The van der Waals surface area contributed by atoms with Crippen LogP contribution >= 0.6 is 0 Å². The molecule has 4 nitrogen and oxygen atoms in total. The van der Waals surface area contributed by atoms with Crippen LogP contribution < -0.4 is 5.32 Å². The van der Waals surface area contributed by atoms with Gasteiger partial charge in [-0.05, 0) is 37.3 Å². The predicted octanol–water partition coefficient (Wildman–Crippen LogP) is 2.74. The van der Waals surface area contributed by atoms with E-state index in [2.05, 4.69) is 41.4 Å². The minimum Gasteiger partial charge on any atom is -0.481 e. The van der Waals surface area contributed by atoms with Gasteiger partial charge in [0, 0.05) is 32.1 Å². The Morgan fingerprint density at radius 1 is 1.32 bits per heavy atom. The summed E-state index contributed by atoms with van der Waals surface area (Å²) in [6.45, 7) is 6.31. The van der Waals surface area contributed by atoms with Gasteiger partial charge in [0.05, 0.1) is 0 Å². The van der Waals surface area contributed by atoms with Crippen molar-refractivity contribution in [1.29, 1.82) is 0 Å². The van der Waals surface area contributed by atoms with Crippen molar-refractivity contribution in [2.45, 2.75) is 45.2 Å². The van der Waals surface area contributed by atoms with Gasteiger partial charge >= 0.3 is 5.97 Å². The highest BCUT2D eigenvalue weighted by atomic mass is 16.4. The normalized spacial score (nSPS) is 22.6. The van der Waals surface area contributed by atoms with Gasteiger partial charge in [-0.1, -0.05) is 37.3 Å². The van der Waals surface area contributed by atoms with Crippen LogP contribution in [0.1, 0.15) is 38.2 Å². The summed E-state index contributed by atoms with van der Waals surface area (Å²) in [6, 6.07) is 10.9. The van der Waals surface area contributed by atoms with E-state index in [1.54, 1.807) is 0 Å². The molecule has 0 aliphatic carbocycles. The molecule has 1 aliphatic heterocycles. The summed E-state index contributed by atoms with van der Waals surface area (Å²) in [7, 11) is 0. The van der Waals surface area contributed by atoms with Crippen molar-refractivity contribution in [2.24, 2.45) is 5.92 Å². The zero-order valence-corrected chi connectivity index (χ0v) is 13.5. The van der Waals surface area contributed by atoms with Gasteiger partial charge in [-0.3, -0.25) is 4.79 Å². The number of carbonyl (C=O) groups is 1. The number of piperidine rings is 1. The van der Waals surface area contributed by atoms with Gasteiger partial charge in [0.15, 0.2) is 0 Å². The number of nitrogens with one attached hydrogen (secondary N) is 1. The molecule has 1 aliphatic rings. The van der Waals surface area contributed by atoms with Crippen LogP contribution in [0.25, 0.3) is 0 Å². The second kappa shape index (κ2) is 8.91. The second-order valence-corrected chi connectivity index (χ2v) is 6.36. The second-order valence-electron chi connectivity index (χ2n) is 6.36. The molecule has 1 aromatic carbocycles. The summed E-state index contributed by atoms with van der Waals surface area (Å²) in [5.74, 6) is -0.189. The van der Waals surface area contributed by atoms with Crippen molar-refractivity contribution in [3.05, 3.63) is 35.9 Å². The fourth-order valence-corrected chi connectivity index (χ4v) is 3.34. The third-order valence-electron chi connectivity index (χ3n) is 4.36. The third-order valence-corrected chi connectivity index (χ3v) is 4.36. The molecule has 0 saturated carbocycles. The number of benzene rings is 1. The molecule has 0 aromatic heterocycles. The fourth-order valence-electron chi connectivity index (χ4n) is 3.34. The van der Waals surface area contributed by atoms with E-state index in [9.17, 15) is 4.79 Å². The molecule has 0 radical (unpaired) electrons. The highest BCUT2D eigenvalue weighted by molar-refractivity contribution is 5.66. The van der Waals surface area contributed by atoms with Gasteiger partial charge in [-0.25, -0.2) is 0 Å². The first-order valence-corrected chi connectivity index (χ1v) is 8.38. The average Bonchev–Trinajstić information content (AvgIpc) is 2.52. The molecular weight excluding hydrogens is 276 g/mol. The van der Waals surface area contributed by atoms with E-state index in [1.807, 2.05) is 6.07 Å². The molecule has 4 heteroatoms. The number of nitrogens with zero attached hydrogens (tertiary/aromatic N) is 1. The number of rotatable bonds is 8. The van der Waals surface area contributed by atoms with E-state index in [0.29, 0.717) is 12.0 Å². The highest BCUT2D eigenvalue weighted by Crippen LogP contribution is 2.22. The van der Waals surface area contributed by atoms with Crippen LogP contribution in [0.4, 0.5) is 0 Å². The van der Waals surface area contributed by atoms with E-state index >= 15 is 0 Å². The molecule has 2 N–H and O–H groups in total. The van der Waals surface area contributed by atoms with Crippen LogP contribution in [-0.4, -0.2) is 41.7 Å². The molecule has 1 heterocycles. The Labute approximate surface area is 133 Å². The standard InChI is InChI=1S/C18H28N2O2/c1-2-10-20-13-16(8-9-18(21)22)11-17(14-20)19-12-15-6-4-3-5-7-15/h3-7,16-17,19H,2,8-14H2,1H3,(H,21,22). The topological polar surface area (TPSA) is 52.6 Å². The minimum atomic E-state index is -0.679. The Bertz CT molecular complexity index is 450. The first kappa shape index (κ1) is 17.0. The third kappa shape index (κ3) is 5.78. The lowest BCUT2D eigenvalue weighted by molar-refractivity contribution is -0.137. The van der Waals surface area contributed by atoms with Crippen LogP contribution in [0, 0.1) is 5.92 Å². The number of carboxylic acid groups (broad SMARTS) is 1. The van der Waals surface area contributed by atoms with Crippen LogP contribution in [-0.2, 0) is 11.3 Å². The Balaban J connectivity index is 1.86. The molecule has 2 atom stereocenters. The number of hydrogen-bond donors (Lipinski definition) is 2. The molecule has 0 amide bonds. The molecule has 2 rings (SSSR count). The molecule has 0 bridgehead atoms. The zero-order valence-electron chi connectivity index (χ0n) is 13.5. The number of aliphatic carboxylic acids is 1. The summed E-state index contributed by atoms with van der Waals surface area (Å²) >= 11 is 0. The van der Waals surface area contributed by atoms with Crippen LogP contribution in [0.5, 0.6) is 0 Å². The summed E-state index contributed by atoms with van der Waals surface area (Å²) in [4.78, 5) is 13.3. The van der Waals surface area contributed by atoms with E-state index in [0.717, 1.165) is 45.4 Å². The molecule has 122 valence electrons. The van der Waals surface area contributed by atoms with E-state index < -0.39 is 5.97 Å². The minimum absolute atomic E-state index is 0.288. The molecule has 1 aromatic rings. The van der Waals surface area contributed by atoms with E-state index in [-0.39, 0.29) is 6.42 Å². The van der Waals surface area contributed by atoms with Gasteiger partial charge in [-0.2, -0.15) is 0 Å². The van der Waals surface area contributed by atoms with E-state index in [4.69, 9.17) is 5.11 Å². The molecule has 1 fully saturated rings. The van der Waals surface area contributed by atoms with Crippen molar-refractivity contribution in [3.8, 4) is 0 Å². The number of carboxylic acids is 1. The van der Waals surface area contributed by atoms with Crippen molar-refractivity contribution in [2.75, 3.05) is 19.6 Å². The smallest absolute Gasteiger partial charge is 0.303 e. The summed E-state index contributed by atoms with van der Waals surface area (Å²) in [5, 5.41) is 12.6. The fraction of sp³-hybridized carbons (Fsp3) is 0.611. The summed E-state index contributed by atoms with van der Waals surface area (Å²) in [5.41, 5.74) is 1.30. The van der Waals surface area contributed by atoms with Crippen molar-refractivity contribution >= 4 is 5.97 Å². The maximum absolute atomic E-state index is 10.8. The monoisotopic (exact) mass is 304 g/mol. The zero-order chi connectivity index (χ0) is 15.8. The highest BCUT2D eigenvalue weighted by Gasteiger charge is 2.26. The lowest BCUT2D eigenvalue weighted by atomic mass is 9.90. The first-order chi connectivity index (χ1) is 10.7. The summed E-state index contributed by atoms with van der Waals surface area (Å²) < 4.78 is 0. The van der Waals surface area contributed by atoms with Crippen LogP contribution in [0.3, 0.4) is 0 Å². The van der Waals surface area contributed by atoms with Crippen LogP contribution in [0.2, 0.25) is 0 Å². The van der Waals surface area contributed by atoms with Gasteiger partial charge < -0.3 is 15.3 Å². The Morgan fingerprint density at radius 2 is 2.09 bits per heavy atom. The lowest BCUT2D eigenvalue weighted by Crippen LogP contribution is -2.49. The van der Waals surface area contributed by atoms with Crippen LogP contribution in [0.15, 0.2) is 30.3 Å². The largest absolute Gasteiger partial charge is 0.481 e. The van der Waals surface area contributed by atoms with Crippen molar-refractivity contribution in [3.63, 3.8) is 0 Å². The average molecular weight is 304 g/mol. The Morgan fingerprint density at radius 3 is 2.77 bits per heavy atom. The lowest BCUT2D eigenvalue weighted by Gasteiger charge is -2.38. The Hall–Kier alpha value is -1.39. The first-order valence-electron chi connectivity index (χ1n) is 8.38. The SMILES string of the molecule is CCCN1CC(CCC(=O)O)CC(NCc2ccccc2)C1. The van der Waals surface area contributed by atoms with E-state index in [1.165, 1.54) is 5.56 Å². The molecule has 1 saturated heterocycles. The summed E-state index contributed by atoms with van der Waals surface area (Å²) in [6.07, 6.45) is 3.31. The maximum atomic E-state index is 10.8. The van der Waals surface area contributed by atoms with Gasteiger partial charge in [0.25, 0.3) is 0 Å².